The first-order chi connectivity index (χ1) is 20.0. The van der Waals surface area contributed by atoms with E-state index >= 15 is 0 Å². The van der Waals surface area contributed by atoms with E-state index in [1.807, 2.05) is 83.1 Å². The van der Waals surface area contributed by atoms with Crippen LogP contribution in [0.5, 0.6) is 0 Å². The number of amides is 2. The fourth-order valence-electron chi connectivity index (χ4n) is 4.94. The Labute approximate surface area is 266 Å². The van der Waals surface area contributed by atoms with Crippen LogP contribution in [-0.2, 0) is 32.6 Å². The minimum absolute atomic E-state index is 0.0340. The Bertz CT molecular complexity index is 1520. The first kappa shape index (κ1) is 34.4. The van der Waals surface area contributed by atoms with Crippen molar-refractivity contribution in [2.75, 3.05) is 17.1 Å². The van der Waals surface area contributed by atoms with Gasteiger partial charge in [-0.15, -0.1) is 0 Å². The summed E-state index contributed by atoms with van der Waals surface area (Å²) in [4.78, 5) is 29.3. The summed E-state index contributed by atoms with van der Waals surface area (Å²) in [7, 11) is -3.60. The molecule has 43 heavy (non-hydrogen) atoms. The number of nitrogens with one attached hydrogen (secondary N) is 1. The fourth-order valence-corrected chi connectivity index (χ4v) is 6.21. The Hall–Kier alpha value is -3.07. The highest BCUT2D eigenvalue weighted by molar-refractivity contribution is 7.92. The minimum Gasteiger partial charge on any atom is -0.350 e. The summed E-state index contributed by atoms with van der Waals surface area (Å²) in [5.41, 5.74) is 3.56. The van der Waals surface area contributed by atoms with E-state index in [1.54, 1.807) is 23.1 Å². The lowest BCUT2D eigenvalue weighted by molar-refractivity contribution is -0.142. The number of hydrogen-bond donors (Lipinski definition) is 1. The normalized spacial score (nSPS) is 12.5. The van der Waals surface area contributed by atoms with E-state index in [0.29, 0.717) is 22.2 Å². The number of aryl methyl sites for hydroxylation is 2. The van der Waals surface area contributed by atoms with Crippen molar-refractivity contribution in [3.8, 4) is 0 Å². The van der Waals surface area contributed by atoms with Crippen molar-refractivity contribution in [3.63, 3.8) is 0 Å². The van der Waals surface area contributed by atoms with Crippen LogP contribution in [0.2, 0.25) is 10.0 Å². The summed E-state index contributed by atoms with van der Waals surface area (Å²) in [6.45, 7) is 9.74. The first-order valence-electron chi connectivity index (χ1n) is 14.2. The van der Waals surface area contributed by atoms with E-state index in [9.17, 15) is 18.0 Å². The maximum absolute atomic E-state index is 14.0. The molecule has 0 heterocycles. The number of anilines is 1. The lowest BCUT2D eigenvalue weighted by Crippen LogP contribution is -2.54. The molecule has 3 rings (SSSR count). The lowest BCUT2D eigenvalue weighted by Gasteiger charge is -2.34. The number of hydrogen-bond acceptors (Lipinski definition) is 4. The van der Waals surface area contributed by atoms with E-state index < -0.39 is 21.6 Å². The maximum atomic E-state index is 14.0. The van der Waals surface area contributed by atoms with Gasteiger partial charge in [-0.1, -0.05) is 65.7 Å². The van der Waals surface area contributed by atoms with Gasteiger partial charge < -0.3 is 10.2 Å². The second kappa shape index (κ2) is 14.6. The number of rotatable bonds is 12. The molecule has 0 saturated heterocycles. The third-order valence-corrected chi connectivity index (χ3v) is 8.69. The van der Waals surface area contributed by atoms with Gasteiger partial charge in [-0.3, -0.25) is 13.9 Å². The van der Waals surface area contributed by atoms with E-state index in [0.717, 1.165) is 28.5 Å². The van der Waals surface area contributed by atoms with Crippen molar-refractivity contribution in [1.82, 2.24) is 10.2 Å². The molecule has 0 spiro atoms. The summed E-state index contributed by atoms with van der Waals surface area (Å²) in [5, 5.41) is 3.78. The largest absolute Gasteiger partial charge is 0.350 e. The topological polar surface area (TPSA) is 86.8 Å². The molecule has 0 radical (unpaired) electrons. The van der Waals surface area contributed by atoms with Gasteiger partial charge in [0.2, 0.25) is 21.8 Å². The number of carbonyl (C=O) groups is 2. The molecular weight excluding hydrogens is 605 g/mol. The number of carbonyl (C=O) groups excluding carboxylic acids is 2. The number of halogens is 2. The van der Waals surface area contributed by atoms with Crippen LogP contribution in [0.15, 0.2) is 66.7 Å². The van der Waals surface area contributed by atoms with E-state index in [4.69, 9.17) is 23.2 Å². The molecule has 0 saturated carbocycles. The van der Waals surface area contributed by atoms with E-state index in [-0.39, 0.29) is 37.7 Å². The van der Waals surface area contributed by atoms with Gasteiger partial charge in [-0.05, 0) is 87.6 Å². The number of sulfonamides is 1. The van der Waals surface area contributed by atoms with Crippen LogP contribution in [0.4, 0.5) is 5.69 Å². The van der Waals surface area contributed by atoms with Gasteiger partial charge in [0.15, 0.2) is 0 Å². The fraction of sp³-hybridized carbons (Fsp3) is 0.394. The zero-order valence-electron chi connectivity index (χ0n) is 25.7. The molecule has 1 N–H and O–H groups in total. The molecule has 0 unspecified atom stereocenters. The second-order valence-electron chi connectivity index (χ2n) is 12.0. The van der Waals surface area contributed by atoms with Crippen LogP contribution in [0.25, 0.3) is 0 Å². The highest BCUT2D eigenvalue weighted by Gasteiger charge is 2.32. The quantitative estimate of drug-likeness (QED) is 0.237. The Kier molecular flexibility index (Phi) is 11.7. The Balaban J connectivity index is 1.94. The summed E-state index contributed by atoms with van der Waals surface area (Å²) >= 11 is 12.4. The van der Waals surface area contributed by atoms with Crippen LogP contribution in [0.3, 0.4) is 0 Å². The van der Waals surface area contributed by atoms with Gasteiger partial charge in [0.1, 0.15) is 6.04 Å². The number of benzene rings is 3. The monoisotopic (exact) mass is 645 g/mol. The van der Waals surface area contributed by atoms with Gasteiger partial charge in [-0.25, -0.2) is 8.42 Å². The van der Waals surface area contributed by atoms with Gasteiger partial charge >= 0.3 is 0 Å². The average Bonchev–Trinajstić information content (AvgIpc) is 2.88. The average molecular weight is 647 g/mol. The van der Waals surface area contributed by atoms with Crippen LogP contribution in [0, 0.1) is 13.8 Å². The molecule has 0 fully saturated rings. The molecule has 0 bridgehead atoms. The van der Waals surface area contributed by atoms with Crippen LogP contribution >= 0.6 is 23.2 Å². The van der Waals surface area contributed by atoms with Crippen molar-refractivity contribution >= 4 is 50.7 Å². The smallest absolute Gasteiger partial charge is 0.243 e. The third kappa shape index (κ3) is 10.6. The van der Waals surface area contributed by atoms with Gasteiger partial charge in [0, 0.05) is 31.5 Å². The summed E-state index contributed by atoms with van der Waals surface area (Å²) in [5.74, 6) is -0.553. The summed E-state index contributed by atoms with van der Waals surface area (Å²) < 4.78 is 26.8. The SMILES string of the molecule is Cc1cc(C)cc(N(CCCC(=O)N(Cc2ccc(Cl)c(Cl)c2)[C@@H](Cc2ccccc2)C(=O)NC(C)(C)C)S(C)(=O)=O)c1. The maximum Gasteiger partial charge on any atom is 0.243 e. The van der Waals surface area contributed by atoms with Crippen molar-refractivity contribution in [1.29, 1.82) is 0 Å². The first-order valence-corrected chi connectivity index (χ1v) is 16.8. The second-order valence-corrected chi connectivity index (χ2v) is 14.7. The van der Waals surface area contributed by atoms with Crippen LogP contribution in [-0.4, -0.2) is 49.5 Å². The molecule has 2 amide bonds. The predicted octanol–water partition coefficient (Wildman–Crippen LogP) is 6.71. The third-order valence-electron chi connectivity index (χ3n) is 6.75. The van der Waals surface area contributed by atoms with Gasteiger partial charge in [0.25, 0.3) is 0 Å². The van der Waals surface area contributed by atoms with E-state index in [1.165, 1.54) is 4.31 Å². The standard InChI is InChI=1S/C33H41Cl2N3O4S/c1-23-17-24(2)19-27(18-23)38(43(6,41)42)16-10-13-31(39)37(22-26-14-15-28(34)29(35)20-26)30(32(40)36-33(3,4)5)21-25-11-8-7-9-12-25/h7-9,11-12,14-15,17-20,30H,10,13,16,21-22H2,1-6H3,(H,36,40)/t30-/m0/s1. The molecule has 232 valence electrons. The van der Waals surface area contributed by atoms with Crippen molar-refractivity contribution in [2.45, 2.75) is 72.0 Å². The highest BCUT2D eigenvalue weighted by Crippen LogP contribution is 2.26. The minimum atomic E-state index is -3.60. The van der Waals surface area contributed by atoms with Gasteiger partial charge in [0.05, 0.1) is 22.0 Å². The van der Waals surface area contributed by atoms with Crippen molar-refractivity contribution < 1.29 is 18.0 Å². The Morgan fingerprint density at radius 1 is 0.884 bits per heavy atom. The molecular formula is C33H41Cl2N3O4S. The molecule has 0 aliphatic carbocycles. The van der Waals surface area contributed by atoms with Crippen molar-refractivity contribution in [2.24, 2.45) is 0 Å². The molecule has 0 aliphatic heterocycles. The molecule has 10 heteroatoms. The van der Waals surface area contributed by atoms with Crippen LogP contribution in [0.1, 0.15) is 55.9 Å². The van der Waals surface area contributed by atoms with Crippen molar-refractivity contribution in [3.05, 3.63) is 99.0 Å². The van der Waals surface area contributed by atoms with Gasteiger partial charge in [-0.2, -0.15) is 0 Å². The molecule has 0 aromatic heterocycles. The Morgan fingerprint density at radius 3 is 2.07 bits per heavy atom. The molecule has 3 aromatic carbocycles. The zero-order valence-corrected chi connectivity index (χ0v) is 28.0. The number of nitrogens with zero attached hydrogens (tertiary/aromatic N) is 2. The van der Waals surface area contributed by atoms with E-state index in [2.05, 4.69) is 5.32 Å². The lowest BCUT2D eigenvalue weighted by atomic mass is 10.00. The Morgan fingerprint density at radius 2 is 1.51 bits per heavy atom. The predicted molar refractivity (Wildman–Crippen MR) is 176 cm³/mol. The zero-order chi connectivity index (χ0) is 31.9. The molecule has 0 aliphatic rings. The summed E-state index contributed by atoms with van der Waals surface area (Å²) in [6, 6.07) is 19.5. The molecule has 7 nitrogen and oxygen atoms in total. The highest BCUT2D eigenvalue weighted by atomic mass is 35.5. The molecule has 1 atom stereocenters. The van der Waals surface area contributed by atoms with Crippen LogP contribution < -0.4 is 9.62 Å². The molecule has 3 aromatic rings. The summed E-state index contributed by atoms with van der Waals surface area (Å²) in [6.07, 6.45) is 1.76.